The van der Waals surface area contributed by atoms with Crippen LogP contribution in [0.3, 0.4) is 0 Å². The number of non-ortho nitro benzene ring substituents is 1. The number of aromatic hydroxyl groups is 1. The van der Waals surface area contributed by atoms with Crippen LogP contribution in [0.2, 0.25) is 0 Å². The number of hydrazone groups is 1. The molecule has 0 fully saturated rings. The summed E-state index contributed by atoms with van der Waals surface area (Å²) in [5.41, 5.74) is -1.58. The summed E-state index contributed by atoms with van der Waals surface area (Å²) < 4.78 is 152. The van der Waals surface area contributed by atoms with Crippen molar-refractivity contribution in [1.29, 1.82) is 5.41 Å². The normalized spacial score (nSPS) is 14.5. The zero-order chi connectivity index (χ0) is 63.8. The number of aliphatic hydroxyl groups excluding tert-OH is 1. The van der Waals surface area contributed by atoms with Gasteiger partial charge in [0.2, 0.25) is 0 Å². The van der Waals surface area contributed by atoms with Crippen molar-refractivity contribution in [3.05, 3.63) is 183 Å². The molecule has 0 radical (unpaired) electrons. The highest BCUT2D eigenvalue weighted by Gasteiger charge is 2.35. The summed E-state index contributed by atoms with van der Waals surface area (Å²) in [6.45, 7) is 0. The van der Waals surface area contributed by atoms with Crippen molar-refractivity contribution in [2.24, 2.45) is 35.8 Å². The molecule has 88 heavy (non-hydrogen) atoms. The van der Waals surface area contributed by atoms with Gasteiger partial charge in [-0.3, -0.25) is 39.2 Å². The third-order valence-corrected chi connectivity index (χ3v) is 16.2. The smallest absolute Gasteiger partial charge is 0.338 e. The Kier molecular flexibility index (Phi) is 16.8. The zero-order valence-corrected chi connectivity index (χ0v) is 47.7. The minimum atomic E-state index is -5.34. The number of allylic oxidation sites excluding steroid dienone is 6. The van der Waals surface area contributed by atoms with Gasteiger partial charge in [0.25, 0.3) is 46.2 Å². The summed E-state index contributed by atoms with van der Waals surface area (Å²) in [7, 11) is -18.1. The number of nitrogens with zero attached hydrogens (tertiary/aromatic N) is 8. The van der Waals surface area contributed by atoms with Crippen LogP contribution in [-0.2, 0) is 40.5 Å². The summed E-state index contributed by atoms with van der Waals surface area (Å²) >= 11 is 0. The van der Waals surface area contributed by atoms with Gasteiger partial charge in [-0.1, -0.05) is 30.3 Å². The first-order valence-corrected chi connectivity index (χ1v) is 30.1. The summed E-state index contributed by atoms with van der Waals surface area (Å²) in [6, 6.07) is 25.1. The first-order chi connectivity index (χ1) is 41.5. The topological polar surface area (TPSA) is 491 Å². The molecule has 2 aliphatic carbocycles. The number of benzene rings is 7. The molecule has 0 atom stereocenters. The number of carbonyl (C=O) groups is 1. The number of anilines is 3. The van der Waals surface area contributed by atoms with Gasteiger partial charge in [-0.15, -0.1) is 30.7 Å². The van der Waals surface area contributed by atoms with E-state index in [0.717, 1.165) is 36.4 Å². The molecule has 2 aliphatic rings. The Balaban J connectivity index is 1.04. The van der Waals surface area contributed by atoms with E-state index in [1.54, 1.807) is 30.3 Å². The number of azo groups is 3. The predicted octanol–water partition coefficient (Wildman–Crippen LogP) is 11.1. The number of nitro benzene ring substituents is 1. The molecule has 0 saturated heterocycles. The molecule has 0 aromatic heterocycles. The second-order valence-electron chi connectivity index (χ2n) is 18.2. The second-order valence-corrected chi connectivity index (χ2v) is 23.8. The second kappa shape index (κ2) is 23.9. The summed E-state index contributed by atoms with van der Waals surface area (Å²) in [4.78, 5) is 18.5. The fourth-order valence-corrected chi connectivity index (χ4v) is 11.0. The van der Waals surface area contributed by atoms with Crippen molar-refractivity contribution < 1.29 is 86.4 Å². The maximum absolute atomic E-state index is 13.1. The molecule has 10 N–H and O–H groups in total. The molecule has 0 aliphatic heterocycles. The third kappa shape index (κ3) is 12.9. The number of fused-ring (bicyclic) bond motifs is 2. The van der Waals surface area contributed by atoms with Crippen LogP contribution in [0, 0.1) is 15.5 Å². The number of methoxy groups -OCH3 is 2. The van der Waals surface area contributed by atoms with E-state index in [4.69, 9.17) is 14.9 Å². The van der Waals surface area contributed by atoms with Crippen LogP contribution in [0.15, 0.2) is 218 Å². The summed E-state index contributed by atoms with van der Waals surface area (Å²) in [5, 5.41) is 83.1. The molecule has 0 spiro atoms. The number of hydrogen-bond acceptors (Lipinski definition) is 25. The van der Waals surface area contributed by atoms with Crippen molar-refractivity contribution in [3.8, 4) is 28.4 Å². The van der Waals surface area contributed by atoms with Crippen molar-refractivity contribution >= 4 is 120 Å². The van der Waals surface area contributed by atoms with Gasteiger partial charge in [0.1, 0.15) is 66.0 Å². The minimum Gasteiger partial charge on any atom is -0.505 e. The molecule has 0 amide bonds. The summed E-state index contributed by atoms with van der Waals surface area (Å²) in [5.74, 6) is -3.26. The van der Waals surface area contributed by atoms with Gasteiger partial charge in [-0.2, -0.15) is 38.8 Å². The molecule has 31 nitrogen and oxygen atoms in total. The van der Waals surface area contributed by atoms with Crippen molar-refractivity contribution in [3.63, 3.8) is 0 Å². The lowest BCUT2D eigenvalue weighted by atomic mass is 9.89. The molecule has 7 aromatic carbocycles. The quantitative estimate of drug-likeness (QED) is 0.0156. The SMILES string of the molecule is COc1cc(-c2ccc(NN=C3C(S(=O)(=O)O)=CC4=C(N=Nc5ccc([N+](=O)[O-])cc5C(=O)O)C(=N)C=CC4=C3O)c(OC)c2)ccc1N=Nc1c(S(=O)(=O)O)cc2c(N=Nc3cc(S(=O)(=O)O)ccc3S(=O)(=O)O)c(Nc3ccccc3)ccc2c1O. The van der Waals surface area contributed by atoms with Crippen LogP contribution in [-0.4, -0.2) is 104 Å². The van der Waals surface area contributed by atoms with E-state index in [1.807, 2.05) is 0 Å². The highest BCUT2D eigenvalue weighted by Crippen LogP contribution is 2.48. The first-order valence-electron chi connectivity index (χ1n) is 24.3. The number of nitro groups is 1. The number of hydrogen-bond donors (Lipinski definition) is 10. The minimum absolute atomic E-state index is 0.0100. The van der Waals surface area contributed by atoms with Gasteiger partial charge >= 0.3 is 5.97 Å². The molecule has 9 rings (SSSR count). The molecule has 7 aromatic rings. The lowest BCUT2D eigenvalue weighted by Gasteiger charge is -2.22. The number of nitrogens with one attached hydrogen (secondary N) is 3. The van der Waals surface area contributed by atoms with Crippen LogP contribution in [0.25, 0.3) is 21.9 Å². The van der Waals surface area contributed by atoms with E-state index in [2.05, 4.69) is 46.5 Å². The highest BCUT2D eigenvalue weighted by atomic mass is 32.2. The fourth-order valence-electron chi connectivity index (χ4n) is 8.58. The Morgan fingerprint density at radius 1 is 0.602 bits per heavy atom. The molecule has 450 valence electrons. The lowest BCUT2D eigenvalue weighted by Crippen LogP contribution is -2.23. The Bertz CT molecular complexity index is 4930. The molecule has 0 bridgehead atoms. The van der Waals surface area contributed by atoms with Gasteiger partial charge in [-0.05, 0) is 108 Å². The average Bonchev–Trinajstić information content (AvgIpc) is 0.843. The maximum atomic E-state index is 13.1. The molecular weight excluding hydrogens is 1240 g/mol. The Labute approximate surface area is 495 Å². The van der Waals surface area contributed by atoms with Crippen LogP contribution in [0.4, 0.5) is 51.2 Å². The Morgan fingerprint density at radius 3 is 1.86 bits per heavy atom. The van der Waals surface area contributed by atoms with Crippen molar-refractivity contribution in [2.75, 3.05) is 25.0 Å². The number of aliphatic hydroxyl groups is 1. The number of phenols is 1. The number of carboxylic acid groups (broad SMARTS) is 1. The van der Waals surface area contributed by atoms with Gasteiger partial charge < -0.3 is 30.1 Å². The van der Waals surface area contributed by atoms with Crippen LogP contribution >= 0.6 is 0 Å². The standard InChI is InChI=1S/C53H39N11O20S4/c1-83-42-20-26(8-15-38(42)57-62-49-45(87(77,78)79)24-33-31(51(49)65)12-14-36(54)47(33)60-56-37-17-10-29(64(69)70)22-35(37)53(67)68)27-9-16-39(43(21-27)84-2)58-63-50-46(88(80,81)82)25-34-32(52(50)66)13-18-40(55-28-6-4-3-5-7-28)48(34)61-59-41-23-30(85(71,72)73)11-19-44(41)86(74,75)76/h3-25,54-55,57,65-66H,1-2H3,(H,67,68)(H,71,72,73)(H,74,75,76)(H,77,78,79)(H,80,81,82). The molecule has 35 heteroatoms. The van der Waals surface area contributed by atoms with E-state index < -0.39 is 122 Å². The largest absolute Gasteiger partial charge is 0.505 e. The number of para-hydroxylation sites is 1. The van der Waals surface area contributed by atoms with E-state index in [9.17, 15) is 82.1 Å². The monoisotopic (exact) mass is 1280 g/mol. The van der Waals surface area contributed by atoms with Crippen molar-refractivity contribution in [2.45, 2.75) is 14.7 Å². The fraction of sp³-hybridized carbons (Fsp3) is 0.0377. The van der Waals surface area contributed by atoms with E-state index >= 15 is 0 Å². The van der Waals surface area contributed by atoms with E-state index in [1.165, 1.54) is 68.8 Å². The number of ether oxygens (including phenoxy) is 2. The van der Waals surface area contributed by atoms with Gasteiger partial charge in [0.15, 0.2) is 11.5 Å². The van der Waals surface area contributed by atoms with E-state index in [-0.39, 0.29) is 61.9 Å². The maximum Gasteiger partial charge on any atom is 0.338 e. The van der Waals surface area contributed by atoms with Gasteiger partial charge in [-0.25, -0.2) is 4.79 Å². The lowest BCUT2D eigenvalue weighted by molar-refractivity contribution is -0.384. The molecule has 0 unspecified atom stereocenters. The van der Waals surface area contributed by atoms with Crippen molar-refractivity contribution in [1.82, 2.24) is 0 Å². The predicted molar refractivity (Wildman–Crippen MR) is 313 cm³/mol. The Morgan fingerprint density at radius 2 is 1.23 bits per heavy atom. The Hall–Kier alpha value is -10.8. The van der Waals surface area contributed by atoms with Crippen LogP contribution in [0.1, 0.15) is 10.4 Å². The number of phenolic OH excluding ortho intramolecular Hbond substituents is 1. The molecule has 0 heterocycles. The molecule has 0 saturated carbocycles. The van der Waals surface area contributed by atoms with Crippen LogP contribution in [0.5, 0.6) is 17.2 Å². The highest BCUT2D eigenvalue weighted by molar-refractivity contribution is 7.91. The third-order valence-electron chi connectivity index (χ3n) is 12.7. The van der Waals surface area contributed by atoms with Crippen LogP contribution < -0.4 is 20.2 Å². The van der Waals surface area contributed by atoms with Gasteiger partial charge in [0, 0.05) is 39.7 Å². The molecular formula is C53H39N11O20S4. The number of rotatable bonds is 19. The van der Waals surface area contributed by atoms with E-state index in [0.29, 0.717) is 35.0 Å². The zero-order valence-electron chi connectivity index (χ0n) is 44.4. The summed E-state index contributed by atoms with van der Waals surface area (Å²) in [6.07, 6.45) is 3.19. The van der Waals surface area contributed by atoms with Gasteiger partial charge in [0.05, 0.1) is 46.7 Å². The number of carboxylic acids is 1. The average molecular weight is 1280 g/mol. The first kappa shape index (κ1) is 61.8. The number of aromatic carboxylic acids is 1.